The number of rotatable bonds is 6. The maximum absolute atomic E-state index is 13.6. The van der Waals surface area contributed by atoms with Crippen molar-refractivity contribution in [3.63, 3.8) is 0 Å². The van der Waals surface area contributed by atoms with E-state index in [0.29, 0.717) is 17.6 Å². The Morgan fingerprint density at radius 1 is 1.16 bits per heavy atom. The van der Waals surface area contributed by atoms with E-state index in [-0.39, 0.29) is 30.7 Å². The van der Waals surface area contributed by atoms with E-state index < -0.39 is 69.4 Å². The van der Waals surface area contributed by atoms with Crippen molar-refractivity contribution >= 4 is 52.8 Å². The Bertz CT molecular complexity index is 1340. The van der Waals surface area contributed by atoms with Crippen molar-refractivity contribution in [2.24, 2.45) is 17.8 Å². The molecular weight excluding hydrogens is 535 g/mol. The first-order chi connectivity index (χ1) is 17.9. The van der Waals surface area contributed by atoms with Crippen LogP contribution in [0, 0.1) is 17.8 Å². The highest BCUT2D eigenvalue weighted by Gasteiger charge is 2.76. The predicted octanol–water partition coefficient (Wildman–Crippen LogP) is 2.58. The van der Waals surface area contributed by atoms with Gasteiger partial charge in [-0.2, -0.15) is 0 Å². The molecule has 6 atom stereocenters. The van der Waals surface area contributed by atoms with Crippen molar-refractivity contribution in [2.75, 3.05) is 13.6 Å². The van der Waals surface area contributed by atoms with Gasteiger partial charge in [-0.25, -0.2) is 0 Å². The molecular formula is C27H26Cl2N2O7. The number of carboxylic acids is 1. The van der Waals surface area contributed by atoms with Crippen LogP contribution in [0.25, 0.3) is 0 Å². The van der Waals surface area contributed by atoms with E-state index in [1.807, 2.05) is 0 Å². The van der Waals surface area contributed by atoms with E-state index in [0.717, 1.165) is 9.80 Å². The summed E-state index contributed by atoms with van der Waals surface area (Å²) in [6, 6.07) is 5.01. The largest absolute Gasteiger partial charge is 0.507 e. The summed E-state index contributed by atoms with van der Waals surface area (Å²) in [5, 5.41) is 20.4. The van der Waals surface area contributed by atoms with Gasteiger partial charge in [-0.1, -0.05) is 35.9 Å². The molecule has 1 saturated carbocycles. The van der Waals surface area contributed by atoms with Gasteiger partial charge in [0.25, 0.3) is 11.8 Å². The predicted molar refractivity (Wildman–Crippen MR) is 136 cm³/mol. The minimum atomic E-state index is -1.99. The number of nitrogens with zero attached hydrogens (tertiary/aromatic N) is 2. The Balaban J connectivity index is 1.68. The number of fused-ring (bicyclic) bond motifs is 4. The molecule has 0 aromatic heterocycles. The first-order valence-electron chi connectivity index (χ1n) is 12.3. The molecule has 2 heterocycles. The van der Waals surface area contributed by atoms with E-state index >= 15 is 0 Å². The van der Waals surface area contributed by atoms with E-state index in [9.17, 15) is 29.1 Å². The molecule has 1 aromatic carbocycles. The highest BCUT2D eigenvalue weighted by Crippen LogP contribution is 2.66. The lowest BCUT2D eigenvalue weighted by molar-refractivity contribution is -0.143. The monoisotopic (exact) mass is 560 g/mol. The Labute approximate surface area is 228 Å². The topological polar surface area (TPSA) is 132 Å². The molecule has 0 spiro atoms. The third kappa shape index (κ3) is 3.34. The van der Waals surface area contributed by atoms with Gasteiger partial charge in [-0.05, 0) is 30.7 Å². The Hall–Kier alpha value is -3.17. The van der Waals surface area contributed by atoms with Gasteiger partial charge < -0.3 is 10.2 Å². The zero-order chi connectivity index (χ0) is 27.7. The second kappa shape index (κ2) is 8.95. The molecule has 5 rings (SSSR count). The molecule has 11 heteroatoms. The van der Waals surface area contributed by atoms with E-state index in [1.165, 1.54) is 7.05 Å². The molecule has 1 aromatic rings. The number of aromatic hydroxyl groups is 1. The van der Waals surface area contributed by atoms with Crippen LogP contribution in [0.15, 0.2) is 42.5 Å². The van der Waals surface area contributed by atoms with Crippen molar-refractivity contribution in [3.8, 4) is 5.75 Å². The number of amides is 4. The van der Waals surface area contributed by atoms with Crippen LogP contribution in [0.1, 0.15) is 36.3 Å². The second-order valence-electron chi connectivity index (χ2n) is 10.3. The molecule has 4 aliphatic rings. The minimum Gasteiger partial charge on any atom is -0.507 e. The number of alkyl halides is 2. The summed E-state index contributed by atoms with van der Waals surface area (Å²) in [6.07, 6.45) is 3.31. The normalized spacial score (nSPS) is 34.1. The number of carbonyl (C=O) groups is 5. The number of halogens is 2. The zero-order valence-electron chi connectivity index (χ0n) is 20.5. The molecule has 3 fully saturated rings. The molecule has 2 saturated heterocycles. The maximum atomic E-state index is 13.6. The number of phenolic OH excluding ortho intramolecular Hbond substituents is 1. The first kappa shape index (κ1) is 26.4. The van der Waals surface area contributed by atoms with Crippen molar-refractivity contribution in [1.29, 1.82) is 0 Å². The van der Waals surface area contributed by atoms with Gasteiger partial charge in [0.05, 0.1) is 18.3 Å². The highest BCUT2D eigenvalue weighted by atomic mass is 35.5. The smallest absolute Gasteiger partial charge is 0.305 e. The van der Waals surface area contributed by atoms with Crippen LogP contribution >= 0.6 is 23.2 Å². The highest BCUT2D eigenvalue weighted by molar-refractivity contribution is 6.53. The molecule has 9 nitrogen and oxygen atoms in total. The number of hydrogen-bond donors (Lipinski definition) is 2. The fourth-order valence-electron chi connectivity index (χ4n) is 6.75. The molecule has 0 bridgehead atoms. The number of carboxylic acid groups (broad SMARTS) is 1. The van der Waals surface area contributed by atoms with Gasteiger partial charge in [0.2, 0.25) is 11.8 Å². The van der Waals surface area contributed by atoms with E-state index in [4.69, 9.17) is 28.3 Å². The van der Waals surface area contributed by atoms with Crippen LogP contribution in [0.3, 0.4) is 0 Å². The first-order valence-corrected chi connectivity index (χ1v) is 13.0. The summed E-state index contributed by atoms with van der Waals surface area (Å²) in [6.45, 7) is 3.45. The quantitative estimate of drug-likeness (QED) is 0.310. The number of aliphatic carboxylic acids is 1. The molecule has 2 N–H and O–H groups in total. The molecule has 38 heavy (non-hydrogen) atoms. The minimum absolute atomic E-state index is 0.119. The van der Waals surface area contributed by atoms with Crippen molar-refractivity contribution in [1.82, 2.24) is 9.80 Å². The number of para-hydroxylation sites is 1. The molecule has 6 unspecified atom stereocenters. The summed E-state index contributed by atoms with van der Waals surface area (Å²) in [4.78, 5) is 62.7. The van der Waals surface area contributed by atoms with Crippen LogP contribution in [-0.4, -0.2) is 73.0 Å². The van der Waals surface area contributed by atoms with Gasteiger partial charge in [-0.15, -0.1) is 29.8 Å². The third-order valence-electron chi connectivity index (χ3n) is 8.48. The van der Waals surface area contributed by atoms with Crippen LogP contribution in [0.5, 0.6) is 5.75 Å². The molecule has 2 aliphatic heterocycles. The van der Waals surface area contributed by atoms with Crippen molar-refractivity contribution < 1.29 is 34.2 Å². The number of phenols is 1. The van der Waals surface area contributed by atoms with Crippen molar-refractivity contribution in [3.05, 3.63) is 53.6 Å². The van der Waals surface area contributed by atoms with Crippen LogP contribution < -0.4 is 0 Å². The van der Waals surface area contributed by atoms with Gasteiger partial charge in [0.15, 0.2) is 9.75 Å². The summed E-state index contributed by atoms with van der Waals surface area (Å²) < 4.78 is 0. The summed E-state index contributed by atoms with van der Waals surface area (Å²) >= 11 is 14.2. The number of carbonyl (C=O) groups excluding carboxylic acids is 4. The van der Waals surface area contributed by atoms with Gasteiger partial charge in [-0.3, -0.25) is 33.8 Å². The standard InChI is InChI=1S/C27H26Cl2N2O7/c1-3-5-13-6-4-7-16(21(13)34)20-14-8-9-15-19(23(36)31(22(15)35)11-10-18(32)33)17(14)12-26(28)24(37)30(2)25(38)27(20,26)29/h3-4,6-8,15,17,19-20,34H,1,5,9-12H2,2H3,(H,32,33). The molecule has 200 valence electrons. The van der Waals surface area contributed by atoms with Gasteiger partial charge >= 0.3 is 5.97 Å². The van der Waals surface area contributed by atoms with Gasteiger partial charge in [0, 0.05) is 25.1 Å². The summed E-state index contributed by atoms with van der Waals surface area (Å²) in [7, 11) is 1.29. The average Bonchev–Trinajstić information content (AvgIpc) is 3.19. The number of hydrogen-bond acceptors (Lipinski definition) is 6. The van der Waals surface area contributed by atoms with Crippen molar-refractivity contribution in [2.45, 2.75) is 41.3 Å². The van der Waals surface area contributed by atoms with Crippen LogP contribution in [0.2, 0.25) is 0 Å². The number of allylic oxidation sites excluding steroid dienone is 3. The lowest BCUT2D eigenvalue weighted by atomic mass is 9.56. The lowest BCUT2D eigenvalue weighted by Gasteiger charge is -2.50. The average molecular weight is 561 g/mol. The number of likely N-dealkylation sites (tertiary alicyclic amines) is 2. The fourth-order valence-corrected chi connectivity index (χ4v) is 7.76. The number of imide groups is 2. The Morgan fingerprint density at radius 2 is 1.87 bits per heavy atom. The SMILES string of the molecule is C=CCc1cccc(C2C3=CCC4C(=O)N(CCC(=O)O)C(=O)C4C3CC3(Cl)C(=O)N(C)C(=O)C23Cl)c1O. The molecule has 4 amide bonds. The van der Waals surface area contributed by atoms with E-state index in [1.54, 1.807) is 30.4 Å². The zero-order valence-corrected chi connectivity index (χ0v) is 22.0. The maximum Gasteiger partial charge on any atom is 0.305 e. The molecule has 2 aliphatic carbocycles. The summed E-state index contributed by atoms with van der Waals surface area (Å²) in [5.41, 5.74) is 1.38. The lowest BCUT2D eigenvalue weighted by Crippen LogP contribution is -2.60. The molecule has 0 radical (unpaired) electrons. The summed E-state index contributed by atoms with van der Waals surface area (Å²) in [5.74, 6) is -7.15. The number of benzene rings is 1. The van der Waals surface area contributed by atoms with E-state index in [2.05, 4.69) is 6.58 Å². The third-order valence-corrected chi connectivity index (χ3v) is 9.89. The van der Waals surface area contributed by atoms with Crippen LogP contribution in [-0.2, 0) is 30.4 Å². The Kier molecular flexibility index (Phi) is 6.23. The van der Waals surface area contributed by atoms with Crippen LogP contribution in [0.4, 0.5) is 0 Å². The second-order valence-corrected chi connectivity index (χ2v) is 11.6. The fraction of sp³-hybridized carbons (Fsp3) is 0.444. The Morgan fingerprint density at radius 3 is 2.53 bits per heavy atom. The van der Waals surface area contributed by atoms with Gasteiger partial charge in [0.1, 0.15) is 5.75 Å².